The van der Waals surface area contributed by atoms with Gasteiger partial charge in [0.25, 0.3) is 0 Å². The van der Waals surface area contributed by atoms with Gasteiger partial charge in [-0.05, 0) is 31.2 Å². The van der Waals surface area contributed by atoms with Crippen LogP contribution in [0.1, 0.15) is 6.92 Å². The average molecular weight is 268 g/mol. The Labute approximate surface area is 110 Å². The first-order chi connectivity index (χ1) is 9.02. The standard InChI is InChI=1S/C13H16O6/c1-7-12(10(14)11(15)13(16)18-7)19-9-5-3-8(17-2)4-6-9/h3-7,10-12,14-15H,1-2H3/t7-,10-,11-,12+/m0/s1. The van der Waals surface area contributed by atoms with Crippen molar-refractivity contribution in [2.45, 2.75) is 31.3 Å². The van der Waals surface area contributed by atoms with E-state index in [-0.39, 0.29) is 0 Å². The normalized spacial score (nSPS) is 30.6. The van der Waals surface area contributed by atoms with E-state index in [9.17, 15) is 15.0 Å². The number of benzene rings is 1. The van der Waals surface area contributed by atoms with Crippen molar-refractivity contribution in [2.75, 3.05) is 7.11 Å². The predicted octanol–water partition coefficient (Wildman–Crippen LogP) is 0.110. The summed E-state index contributed by atoms with van der Waals surface area (Å²) in [5.74, 6) is 0.326. The summed E-state index contributed by atoms with van der Waals surface area (Å²) < 4.78 is 15.5. The Morgan fingerprint density at radius 2 is 1.74 bits per heavy atom. The SMILES string of the molecule is COc1ccc(O[C@H]2[C@@H](O)[C@H](O)C(=O)O[C@H]2C)cc1. The molecule has 0 aromatic heterocycles. The van der Waals surface area contributed by atoms with Gasteiger partial charge in [-0.25, -0.2) is 4.79 Å². The molecule has 0 spiro atoms. The minimum Gasteiger partial charge on any atom is -0.497 e. The van der Waals surface area contributed by atoms with Gasteiger partial charge in [-0.2, -0.15) is 0 Å². The van der Waals surface area contributed by atoms with Gasteiger partial charge in [0.05, 0.1) is 7.11 Å². The van der Waals surface area contributed by atoms with E-state index in [0.717, 1.165) is 0 Å². The molecular formula is C13H16O6. The fourth-order valence-corrected chi connectivity index (χ4v) is 1.89. The van der Waals surface area contributed by atoms with Crippen LogP contribution < -0.4 is 9.47 Å². The molecule has 1 aliphatic heterocycles. The number of carbonyl (C=O) groups excluding carboxylic acids is 1. The number of methoxy groups -OCH3 is 1. The van der Waals surface area contributed by atoms with Crippen LogP contribution in [0.3, 0.4) is 0 Å². The lowest BCUT2D eigenvalue weighted by atomic mass is 10.0. The molecule has 1 aromatic rings. The van der Waals surface area contributed by atoms with E-state index in [0.29, 0.717) is 11.5 Å². The number of esters is 1. The fraction of sp³-hybridized carbons (Fsp3) is 0.462. The topological polar surface area (TPSA) is 85.2 Å². The first-order valence-corrected chi connectivity index (χ1v) is 5.90. The highest BCUT2D eigenvalue weighted by Crippen LogP contribution is 2.24. The Balaban J connectivity index is 2.10. The second kappa shape index (κ2) is 5.46. The quantitative estimate of drug-likeness (QED) is 0.757. The molecule has 6 heteroatoms. The lowest BCUT2D eigenvalue weighted by Crippen LogP contribution is -2.56. The molecule has 0 bridgehead atoms. The monoisotopic (exact) mass is 268 g/mol. The summed E-state index contributed by atoms with van der Waals surface area (Å²) in [7, 11) is 1.55. The third-order valence-corrected chi connectivity index (χ3v) is 3.00. The molecule has 0 radical (unpaired) electrons. The molecule has 0 saturated carbocycles. The van der Waals surface area contributed by atoms with Crippen LogP contribution in [0.2, 0.25) is 0 Å². The van der Waals surface area contributed by atoms with E-state index in [1.807, 2.05) is 0 Å². The van der Waals surface area contributed by atoms with E-state index in [1.54, 1.807) is 38.3 Å². The van der Waals surface area contributed by atoms with E-state index in [2.05, 4.69) is 0 Å². The lowest BCUT2D eigenvalue weighted by Gasteiger charge is -2.35. The zero-order valence-electron chi connectivity index (χ0n) is 10.6. The van der Waals surface area contributed by atoms with Crippen molar-refractivity contribution >= 4 is 5.97 Å². The summed E-state index contributed by atoms with van der Waals surface area (Å²) in [5, 5.41) is 19.3. The average Bonchev–Trinajstić information content (AvgIpc) is 2.42. The predicted molar refractivity (Wildman–Crippen MR) is 65.0 cm³/mol. The van der Waals surface area contributed by atoms with E-state index >= 15 is 0 Å². The number of carbonyl (C=O) groups is 1. The summed E-state index contributed by atoms with van der Waals surface area (Å²) in [6, 6.07) is 6.75. The van der Waals surface area contributed by atoms with Crippen molar-refractivity contribution in [3.05, 3.63) is 24.3 Å². The zero-order valence-corrected chi connectivity index (χ0v) is 10.6. The van der Waals surface area contributed by atoms with Crippen LogP contribution in [0.5, 0.6) is 11.5 Å². The molecule has 1 saturated heterocycles. The minimum absolute atomic E-state index is 0.488. The van der Waals surface area contributed by atoms with Crippen LogP contribution in [0.25, 0.3) is 0 Å². The maximum Gasteiger partial charge on any atom is 0.338 e. The summed E-state index contributed by atoms with van der Waals surface area (Å²) >= 11 is 0. The number of aliphatic hydroxyl groups is 2. The number of hydrogen-bond acceptors (Lipinski definition) is 6. The molecule has 104 valence electrons. The van der Waals surface area contributed by atoms with Crippen molar-refractivity contribution in [2.24, 2.45) is 0 Å². The Morgan fingerprint density at radius 1 is 1.16 bits per heavy atom. The van der Waals surface area contributed by atoms with Gasteiger partial charge in [0, 0.05) is 0 Å². The van der Waals surface area contributed by atoms with Crippen LogP contribution in [-0.2, 0) is 9.53 Å². The molecule has 1 heterocycles. The maximum atomic E-state index is 11.2. The molecule has 0 aliphatic carbocycles. The van der Waals surface area contributed by atoms with E-state index < -0.39 is 30.4 Å². The van der Waals surface area contributed by atoms with Crippen molar-refractivity contribution in [3.8, 4) is 11.5 Å². The van der Waals surface area contributed by atoms with Crippen LogP contribution in [0, 0.1) is 0 Å². The lowest BCUT2D eigenvalue weighted by molar-refractivity contribution is -0.195. The summed E-state index contributed by atoms with van der Waals surface area (Å²) in [5.41, 5.74) is 0. The molecule has 0 unspecified atom stereocenters. The van der Waals surface area contributed by atoms with Gasteiger partial charge in [-0.3, -0.25) is 0 Å². The van der Waals surface area contributed by atoms with Crippen molar-refractivity contribution in [1.82, 2.24) is 0 Å². The van der Waals surface area contributed by atoms with Crippen molar-refractivity contribution in [3.63, 3.8) is 0 Å². The largest absolute Gasteiger partial charge is 0.497 e. The number of cyclic esters (lactones) is 1. The third-order valence-electron chi connectivity index (χ3n) is 3.00. The zero-order chi connectivity index (χ0) is 14.0. The number of ether oxygens (including phenoxy) is 3. The van der Waals surface area contributed by atoms with Gasteiger partial charge in [0.1, 0.15) is 23.7 Å². The first kappa shape index (κ1) is 13.6. The summed E-state index contributed by atoms with van der Waals surface area (Å²) in [6.45, 7) is 1.60. The Kier molecular flexibility index (Phi) is 3.92. The van der Waals surface area contributed by atoms with E-state index in [1.165, 1.54) is 0 Å². The fourth-order valence-electron chi connectivity index (χ4n) is 1.89. The highest BCUT2D eigenvalue weighted by Gasteiger charge is 2.44. The van der Waals surface area contributed by atoms with Gasteiger partial charge < -0.3 is 24.4 Å². The van der Waals surface area contributed by atoms with Gasteiger partial charge in [0.15, 0.2) is 12.2 Å². The maximum absolute atomic E-state index is 11.2. The van der Waals surface area contributed by atoms with Gasteiger partial charge >= 0.3 is 5.97 Å². The molecule has 1 fully saturated rings. The number of hydrogen-bond donors (Lipinski definition) is 2. The Morgan fingerprint density at radius 3 is 2.32 bits per heavy atom. The van der Waals surface area contributed by atoms with Gasteiger partial charge in [-0.15, -0.1) is 0 Å². The van der Waals surface area contributed by atoms with Gasteiger partial charge in [-0.1, -0.05) is 0 Å². The highest BCUT2D eigenvalue weighted by atomic mass is 16.6. The molecule has 1 aliphatic rings. The third kappa shape index (κ3) is 2.80. The molecule has 19 heavy (non-hydrogen) atoms. The van der Waals surface area contributed by atoms with Crippen LogP contribution in [-0.4, -0.2) is 47.7 Å². The Bertz CT molecular complexity index is 443. The summed E-state index contributed by atoms with van der Waals surface area (Å²) in [6.07, 6.45) is -4.37. The first-order valence-electron chi connectivity index (χ1n) is 5.90. The number of aliphatic hydroxyl groups excluding tert-OH is 2. The molecule has 1 aromatic carbocycles. The minimum atomic E-state index is -1.58. The molecular weight excluding hydrogens is 252 g/mol. The molecule has 2 N–H and O–H groups in total. The summed E-state index contributed by atoms with van der Waals surface area (Å²) in [4.78, 5) is 11.2. The molecule has 2 rings (SSSR count). The van der Waals surface area contributed by atoms with E-state index in [4.69, 9.17) is 14.2 Å². The van der Waals surface area contributed by atoms with Gasteiger partial charge in [0.2, 0.25) is 0 Å². The molecule has 6 nitrogen and oxygen atoms in total. The van der Waals surface area contributed by atoms with Crippen molar-refractivity contribution < 1.29 is 29.2 Å². The Hall–Kier alpha value is -1.79. The van der Waals surface area contributed by atoms with Crippen LogP contribution >= 0.6 is 0 Å². The highest BCUT2D eigenvalue weighted by molar-refractivity contribution is 5.76. The van der Waals surface area contributed by atoms with Crippen molar-refractivity contribution in [1.29, 1.82) is 0 Å². The number of rotatable bonds is 3. The van der Waals surface area contributed by atoms with Crippen LogP contribution in [0.4, 0.5) is 0 Å². The second-order valence-electron chi connectivity index (χ2n) is 4.34. The molecule has 0 amide bonds. The smallest absolute Gasteiger partial charge is 0.338 e. The second-order valence-corrected chi connectivity index (χ2v) is 4.34. The molecule has 4 atom stereocenters. The van der Waals surface area contributed by atoms with Crippen LogP contribution in [0.15, 0.2) is 24.3 Å².